The van der Waals surface area contributed by atoms with Gasteiger partial charge in [0.1, 0.15) is 12.6 Å². The highest BCUT2D eigenvalue weighted by molar-refractivity contribution is 7.92. The lowest BCUT2D eigenvalue weighted by atomic mass is 10.1. The third-order valence-corrected chi connectivity index (χ3v) is 8.35. The van der Waals surface area contributed by atoms with Gasteiger partial charge in [-0.1, -0.05) is 80.0 Å². The van der Waals surface area contributed by atoms with Crippen LogP contribution in [-0.2, 0) is 26.2 Å². The summed E-state index contributed by atoms with van der Waals surface area (Å²) >= 11 is 6.34. The molecule has 202 valence electrons. The Bertz CT molecular complexity index is 1350. The molecule has 0 saturated heterocycles. The number of hydrogen-bond acceptors (Lipinski definition) is 4. The minimum absolute atomic E-state index is 0.0458. The molecular weight excluding hydrogens is 522 g/mol. The van der Waals surface area contributed by atoms with Gasteiger partial charge in [-0.3, -0.25) is 13.9 Å². The van der Waals surface area contributed by atoms with Gasteiger partial charge in [-0.25, -0.2) is 8.42 Å². The molecule has 0 aliphatic carbocycles. The minimum Gasteiger partial charge on any atom is -0.354 e. The van der Waals surface area contributed by atoms with Crippen LogP contribution < -0.4 is 9.62 Å². The van der Waals surface area contributed by atoms with Crippen molar-refractivity contribution in [3.63, 3.8) is 0 Å². The van der Waals surface area contributed by atoms with E-state index in [9.17, 15) is 18.0 Å². The summed E-state index contributed by atoms with van der Waals surface area (Å²) in [6.45, 7) is 7.43. The van der Waals surface area contributed by atoms with Gasteiger partial charge in [-0.05, 0) is 55.2 Å². The van der Waals surface area contributed by atoms with Crippen LogP contribution in [0.2, 0.25) is 5.02 Å². The lowest BCUT2D eigenvalue weighted by Gasteiger charge is -2.32. The summed E-state index contributed by atoms with van der Waals surface area (Å²) in [5.74, 6) is -0.582. The Hall–Kier alpha value is -3.36. The molecule has 3 aromatic carbocycles. The monoisotopic (exact) mass is 555 g/mol. The quantitative estimate of drug-likeness (QED) is 0.359. The van der Waals surface area contributed by atoms with Gasteiger partial charge in [0.25, 0.3) is 10.0 Å². The van der Waals surface area contributed by atoms with Crippen molar-refractivity contribution in [3.8, 4) is 0 Å². The highest BCUT2D eigenvalue weighted by Crippen LogP contribution is 2.31. The molecule has 1 atom stereocenters. The zero-order valence-electron chi connectivity index (χ0n) is 22.1. The number of carbonyl (C=O) groups excluding carboxylic acids is 2. The summed E-state index contributed by atoms with van der Waals surface area (Å²) < 4.78 is 28.7. The fourth-order valence-corrected chi connectivity index (χ4v) is 5.58. The predicted octanol–water partition coefficient (Wildman–Crippen LogP) is 5.03. The number of carbonyl (C=O) groups is 2. The molecular formula is C29H34ClN3O4S. The number of rotatable bonds is 11. The Morgan fingerprint density at radius 2 is 1.50 bits per heavy atom. The molecule has 38 heavy (non-hydrogen) atoms. The molecule has 2 amide bonds. The van der Waals surface area contributed by atoms with Crippen LogP contribution in [0.5, 0.6) is 0 Å². The van der Waals surface area contributed by atoms with E-state index in [1.54, 1.807) is 50.2 Å². The Morgan fingerprint density at radius 1 is 0.895 bits per heavy atom. The molecule has 0 aromatic heterocycles. The van der Waals surface area contributed by atoms with Crippen molar-refractivity contribution in [1.29, 1.82) is 0 Å². The number of amides is 2. The van der Waals surface area contributed by atoms with E-state index in [2.05, 4.69) is 5.32 Å². The van der Waals surface area contributed by atoms with Gasteiger partial charge in [0.05, 0.1) is 10.6 Å². The minimum atomic E-state index is -4.14. The maximum absolute atomic E-state index is 13.9. The van der Waals surface area contributed by atoms with Crippen molar-refractivity contribution >= 4 is 39.1 Å². The van der Waals surface area contributed by atoms with Gasteiger partial charge in [-0.2, -0.15) is 0 Å². The second-order valence-electron chi connectivity index (χ2n) is 9.53. The summed E-state index contributed by atoms with van der Waals surface area (Å²) in [6, 6.07) is 21.3. The number of nitrogens with one attached hydrogen (secondary N) is 1. The fourth-order valence-electron chi connectivity index (χ4n) is 3.91. The summed E-state index contributed by atoms with van der Waals surface area (Å²) in [7, 11) is -4.14. The average Bonchev–Trinajstić information content (AvgIpc) is 2.91. The number of hydrogen-bond donors (Lipinski definition) is 1. The van der Waals surface area contributed by atoms with Crippen LogP contribution in [0.3, 0.4) is 0 Å². The first-order chi connectivity index (χ1) is 18.0. The topological polar surface area (TPSA) is 86.8 Å². The molecule has 0 aliphatic rings. The third kappa shape index (κ3) is 7.14. The number of halogens is 1. The second-order valence-corrected chi connectivity index (χ2v) is 11.8. The maximum atomic E-state index is 13.9. The Labute approximate surface area is 230 Å². The maximum Gasteiger partial charge on any atom is 0.264 e. The van der Waals surface area contributed by atoms with E-state index in [1.165, 1.54) is 17.0 Å². The SMILES string of the molecule is Cc1c(Cl)cccc1N(CC(=O)N(Cc1ccccc1)C(C)C(=O)NCC(C)C)S(=O)(=O)c1ccccc1. The number of nitrogens with zero attached hydrogens (tertiary/aromatic N) is 2. The first-order valence-electron chi connectivity index (χ1n) is 12.5. The van der Waals surface area contributed by atoms with Crippen molar-refractivity contribution in [1.82, 2.24) is 10.2 Å². The van der Waals surface area contributed by atoms with E-state index in [0.717, 1.165) is 9.87 Å². The molecule has 1 N–H and O–H groups in total. The van der Waals surface area contributed by atoms with Crippen LogP contribution >= 0.6 is 11.6 Å². The summed E-state index contributed by atoms with van der Waals surface area (Å²) in [5, 5.41) is 3.26. The van der Waals surface area contributed by atoms with Gasteiger partial charge in [0.15, 0.2) is 0 Å². The zero-order valence-corrected chi connectivity index (χ0v) is 23.7. The second kappa shape index (κ2) is 12.9. The van der Waals surface area contributed by atoms with Crippen molar-refractivity contribution < 1.29 is 18.0 Å². The highest BCUT2D eigenvalue weighted by atomic mass is 35.5. The lowest BCUT2D eigenvalue weighted by Crippen LogP contribution is -2.51. The Morgan fingerprint density at radius 3 is 2.11 bits per heavy atom. The van der Waals surface area contributed by atoms with Crippen LogP contribution in [0.25, 0.3) is 0 Å². The molecule has 0 heterocycles. The molecule has 3 aromatic rings. The first-order valence-corrected chi connectivity index (χ1v) is 14.3. The van der Waals surface area contributed by atoms with Crippen molar-refractivity contribution in [2.24, 2.45) is 5.92 Å². The van der Waals surface area contributed by atoms with Gasteiger partial charge in [0.2, 0.25) is 11.8 Å². The van der Waals surface area contributed by atoms with Crippen LogP contribution in [0, 0.1) is 12.8 Å². The molecule has 0 spiro atoms. The van der Waals surface area contributed by atoms with E-state index >= 15 is 0 Å². The van der Waals surface area contributed by atoms with Gasteiger partial charge < -0.3 is 10.2 Å². The predicted molar refractivity (Wildman–Crippen MR) is 151 cm³/mol. The molecule has 3 rings (SSSR count). The molecule has 0 saturated carbocycles. The highest BCUT2D eigenvalue weighted by Gasteiger charge is 2.33. The van der Waals surface area contributed by atoms with Crippen LogP contribution in [-0.4, -0.2) is 44.3 Å². The molecule has 7 nitrogen and oxygen atoms in total. The third-order valence-electron chi connectivity index (χ3n) is 6.17. The van der Waals surface area contributed by atoms with Gasteiger partial charge >= 0.3 is 0 Å². The molecule has 0 fully saturated rings. The lowest BCUT2D eigenvalue weighted by molar-refractivity contribution is -0.139. The van der Waals surface area contributed by atoms with Crippen molar-refractivity contribution in [2.45, 2.75) is 45.2 Å². The number of anilines is 1. The number of sulfonamides is 1. The molecule has 0 aliphatic heterocycles. The van der Waals surface area contributed by atoms with E-state index in [-0.39, 0.29) is 23.3 Å². The Kier molecular flexibility index (Phi) is 9.94. The summed E-state index contributed by atoms with van der Waals surface area (Å²) in [4.78, 5) is 28.4. The average molecular weight is 556 g/mol. The van der Waals surface area contributed by atoms with Crippen LogP contribution in [0.1, 0.15) is 31.9 Å². The van der Waals surface area contributed by atoms with Gasteiger partial charge in [0, 0.05) is 18.1 Å². The van der Waals surface area contributed by atoms with Crippen LogP contribution in [0.15, 0.2) is 83.8 Å². The first kappa shape index (κ1) is 29.2. The molecule has 1 unspecified atom stereocenters. The largest absolute Gasteiger partial charge is 0.354 e. The molecule has 0 bridgehead atoms. The molecule has 9 heteroatoms. The smallest absolute Gasteiger partial charge is 0.264 e. The van der Waals surface area contributed by atoms with Gasteiger partial charge in [-0.15, -0.1) is 0 Å². The van der Waals surface area contributed by atoms with E-state index < -0.39 is 28.5 Å². The zero-order chi connectivity index (χ0) is 27.9. The van der Waals surface area contributed by atoms with Crippen molar-refractivity contribution in [3.05, 3.63) is 95.0 Å². The van der Waals surface area contributed by atoms with E-state index in [1.807, 2.05) is 44.2 Å². The van der Waals surface area contributed by atoms with E-state index in [4.69, 9.17) is 11.6 Å². The van der Waals surface area contributed by atoms with Crippen molar-refractivity contribution in [2.75, 3.05) is 17.4 Å². The fraction of sp³-hybridized carbons (Fsp3) is 0.310. The van der Waals surface area contributed by atoms with Crippen LogP contribution in [0.4, 0.5) is 5.69 Å². The number of benzene rings is 3. The summed E-state index contributed by atoms with van der Waals surface area (Å²) in [6.07, 6.45) is 0. The van der Waals surface area contributed by atoms with E-state index in [0.29, 0.717) is 22.8 Å². The normalized spacial score (nSPS) is 12.2. The standard InChI is InChI=1S/C29H34ClN3O4S/c1-21(2)18-31-29(35)23(4)32(19-24-12-7-5-8-13-24)28(34)20-33(27-17-11-16-26(30)22(27)3)38(36,37)25-14-9-6-10-15-25/h5-17,21,23H,18-20H2,1-4H3,(H,31,35). The molecule has 0 radical (unpaired) electrons. The summed E-state index contributed by atoms with van der Waals surface area (Å²) in [5.41, 5.74) is 1.64. The Balaban J connectivity index is 2.03.